The topological polar surface area (TPSA) is 139 Å². The number of ketones is 1. The summed E-state index contributed by atoms with van der Waals surface area (Å²) in [7, 11) is 1.67. The standard InChI is InChI=1S/C13H20N2O4.C8H10O.C7H10N2OS/c16-8-14-6-12(17)15-10(13(18)11-7-19-11)5-9-3-1-2-4-9;1-7-3-5-8(9-2)6-4-7;1-3-8-7(10)6-4-9-5(2)11-6/h8-11H,1-7H2,(H,14,16)(H,15,17);3-6H,1-2H3;4H,3H2,1-2H3,(H,8,10). The lowest BCUT2D eigenvalue weighted by molar-refractivity contribution is -0.128. The zero-order chi connectivity index (χ0) is 28.6. The predicted octanol–water partition coefficient (Wildman–Crippen LogP) is 2.97. The maximum atomic E-state index is 12.1. The summed E-state index contributed by atoms with van der Waals surface area (Å²) in [5.41, 5.74) is 1.26. The van der Waals surface area contributed by atoms with Crippen LogP contribution in [0.1, 0.15) is 59.3 Å². The summed E-state index contributed by atoms with van der Waals surface area (Å²) >= 11 is 1.41. The number of nitrogens with zero attached hydrogens (tertiary/aromatic N) is 1. The predicted molar refractivity (Wildman–Crippen MR) is 150 cm³/mol. The first-order valence-corrected chi connectivity index (χ1v) is 14.0. The Kier molecular flexibility index (Phi) is 14.2. The summed E-state index contributed by atoms with van der Waals surface area (Å²) in [4.78, 5) is 49.6. The lowest BCUT2D eigenvalue weighted by Gasteiger charge is -2.20. The average molecular weight is 561 g/mol. The van der Waals surface area contributed by atoms with E-state index in [9.17, 15) is 19.2 Å². The number of aromatic nitrogens is 1. The Balaban J connectivity index is 0.000000226. The number of aryl methyl sites for hydroxylation is 2. The monoisotopic (exact) mass is 560 g/mol. The van der Waals surface area contributed by atoms with E-state index >= 15 is 0 Å². The van der Waals surface area contributed by atoms with Crippen LogP contribution in [0.25, 0.3) is 0 Å². The van der Waals surface area contributed by atoms with Crippen molar-refractivity contribution >= 4 is 35.3 Å². The molecule has 2 aliphatic rings. The molecule has 1 aromatic carbocycles. The normalized spacial score (nSPS) is 16.4. The third-order valence-corrected chi connectivity index (χ3v) is 7.07. The summed E-state index contributed by atoms with van der Waals surface area (Å²) in [6.07, 6.45) is 7.06. The second-order valence-corrected chi connectivity index (χ2v) is 10.6. The molecule has 3 amide bonds. The number of Topliss-reactive ketones (excluding diaryl/α,β-unsaturated/α-hetero) is 1. The van der Waals surface area contributed by atoms with Crippen molar-refractivity contribution in [1.82, 2.24) is 20.9 Å². The maximum Gasteiger partial charge on any atom is 0.262 e. The van der Waals surface area contributed by atoms with Crippen LogP contribution in [0.4, 0.5) is 0 Å². The van der Waals surface area contributed by atoms with Crippen molar-refractivity contribution in [3.63, 3.8) is 0 Å². The Hall–Kier alpha value is -3.31. The zero-order valence-electron chi connectivity index (χ0n) is 23.2. The van der Waals surface area contributed by atoms with Gasteiger partial charge in [0.15, 0.2) is 5.78 Å². The molecule has 1 saturated heterocycles. The number of carbonyl (C=O) groups excluding carboxylic acids is 4. The van der Waals surface area contributed by atoms with E-state index in [2.05, 4.69) is 27.9 Å². The molecule has 39 heavy (non-hydrogen) atoms. The summed E-state index contributed by atoms with van der Waals surface area (Å²) in [6.45, 7) is 6.86. The highest BCUT2D eigenvalue weighted by atomic mass is 32.1. The Labute approximate surface area is 234 Å². The smallest absolute Gasteiger partial charge is 0.262 e. The Morgan fingerprint density at radius 2 is 1.85 bits per heavy atom. The molecule has 1 saturated carbocycles. The van der Waals surface area contributed by atoms with E-state index in [1.54, 1.807) is 13.3 Å². The fraction of sp³-hybridized carbons (Fsp3) is 0.536. The van der Waals surface area contributed by atoms with E-state index in [-0.39, 0.29) is 30.2 Å². The molecule has 2 aromatic rings. The van der Waals surface area contributed by atoms with E-state index in [1.807, 2.05) is 38.1 Å². The van der Waals surface area contributed by atoms with E-state index in [0.717, 1.165) is 23.6 Å². The van der Waals surface area contributed by atoms with Crippen molar-refractivity contribution in [2.24, 2.45) is 5.92 Å². The van der Waals surface area contributed by atoms with Gasteiger partial charge in [0.1, 0.15) is 16.7 Å². The van der Waals surface area contributed by atoms with Gasteiger partial charge in [-0.2, -0.15) is 0 Å². The molecule has 2 atom stereocenters. The van der Waals surface area contributed by atoms with E-state index in [4.69, 9.17) is 9.47 Å². The van der Waals surface area contributed by atoms with Crippen molar-refractivity contribution in [1.29, 1.82) is 0 Å². The number of thiazole rings is 1. The van der Waals surface area contributed by atoms with Crippen LogP contribution in [0.5, 0.6) is 5.75 Å². The average Bonchev–Trinajstić information content (AvgIpc) is 3.48. The van der Waals surface area contributed by atoms with Crippen LogP contribution in [0.2, 0.25) is 0 Å². The number of amides is 3. The highest BCUT2D eigenvalue weighted by molar-refractivity contribution is 7.13. The van der Waals surface area contributed by atoms with Crippen LogP contribution >= 0.6 is 11.3 Å². The number of ether oxygens (including phenoxy) is 2. The fourth-order valence-corrected chi connectivity index (χ4v) is 4.72. The van der Waals surface area contributed by atoms with Gasteiger partial charge in [-0.05, 0) is 45.2 Å². The zero-order valence-corrected chi connectivity index (χ0v) is 24.0. The maximum absolute atomic E-state index is 12.1. The lowest BCUT2D eigenvalue weighted by Crippen LogP contribution is -2.46. The Morgan fingerprint density at radius 1 is 1.18 bits per heavy atom. The molecule has 1 aliphatic carbocycles. The number of carbonyl (C=O) groups is 4. The summed E-state index contributed by atoms with van der Waals surface area (Å²) in [6, 6.07) is 7.49. The van der Waals surface area contributed by atoms with Crippen molar-refractivity contribution in [2.75, 3.05) is 26.8 Å². The number of methoxy groups -OCH3 is 1. The van der Waals surface area contributed by atoms with Gasteiger partial charge in [0.05, 0.1) is 37.5 Å². The van der Waals surface area contributed by atoms with Crippen LogP contribution in [0.15, 0.2) is 30.5 Å². The SMILES string of the molecule is CCNC(=O)c1cnc(C)s1.COc1ccc(C)cc1.O=CNCC(=O)NC(CC1CCCC1)C(=O)C1CO1. The highest BCUT2D eigenvalue weighted by Crippen LogP contribution is 2.29. The molecule has 2 heterocycles. The minimum absolute atomic E-state index is 0.0295. The molecule has 214 valence electrons. The molecule has 2 unspecified atom stereocenters. The van der Waals surface area contributed by atoms with Gasteiger partial charge in [-0.1, -0.05) is 43.4 Å². The molecule has 0 spiro atoms. The molecule has 11 heteroatoms. The Bertz CT molecular complexity index is 1050. The van der Waals surface area contributed by atoms with E-state index in [0.29, 0.717) is 36.8 Å². The van der Waals surface area contributed by atoms with Gasteiger partial charge in [-0.3, -0.25) is 19.2 Å². The summed E-state index contributed by atoms with van der Waals surface area (Å²) < 4.78 is 9.97. The lowest BCUT2D eigenvalue weighted by atomic mass is 9.94. The number of nitrogens with one attached hydrogen (secondary N) is 3. The molecule has 1 aromatic heterocycles. The van der Waals surface area contributed by atoms with Crippen molar-refractivity contribution in [2.45, 2.75) is 65.0 Å². The minimum Gasteiger partial charge on any atom is -0.497 e. The van der Waals surface area contributed by atoms with Crippen LogP contribution in [-0.4, -0.2) is 67.9 Å². The van der Waals surface area contributed by atoms with Crippen molar-refractivity contribution in [3.8, 4) is 5.75 Å². The van der Waals surface area contributed by atoms with Crippen LogP contribution in [0.3, 0.4) is 0 Å². The first-order chi connectivity index (χ1) is 18.8. The quantitative estimate of drug-likeness (QED) is 0.284. The van der Waals surface area contributed by atoms with Crippen molar-refractivity contribution < 1.29 is 28.7 Å². The number of hydrogen-bond acceptors (Lipinski definition) is 8. The van der Waals surface area contributed by atoms with Gasteiger partial charge in [-0.25, -0.2) is 4.98 Å². The molecule has 10 nitrogen and oxygen atoms in total. The second kappa shape index (κ2) is 17.3. The first kappa shape index (κ1) is 31.9. The molecule has 2 fully saturated rings. The largest absolute Gasteiger partial charge is 0.497 e. The van der Waals surface area contributed by atoms with Gasteiger partial charge in [0.2, 0.25) is 12.3 Å². The van der Waals surface area contributed by atoms with Crippen molar-refractivity contribution in [3.05, 3.63) is 45.9 Å². The first-order valence-electron chi connectivity index (χ1n) is 13.2. The fourth-order valence-electron chi connectivity index (χ4n) is 4.03. The third kappa shape index (κ3) is 12.4. The molecule has 0 bridgehead atoms. The molecular weight excluding hydrogens is 520 g/mol. The minimum atomic E-state index is -0.475. The molecule has 4 rings (SSSR count). The molecule has 1 aliphatic heterocycles. The highest BCUT2D eigenvalue weighted by Gasteiger charge is 2.38. The molecular formula is C28H40N4O6S. The number of hydrogen-bond donors (Lipinski definition) is 3. The summed E-state index contributed by atoms with van der Waals surface area (Å²) in [5, 5.41) is 8.63. The summed E-state index contributed by atoms with van der Waals surface area (Å²) in [5.74, 6) is 1.03. The molecule has 3 N–H and O–H groups in total. The van der Waals surface area contributed by atoms with Gasteiger partial charge in [0, 0.05) is 6.54 Å². The number of epoxide rings is 1. The van der Waals surface area contributed by atoms with Gasteiger partial charge >= 0.3 is 0 Å². The van der Waals surface area contributed by atoms with Crippen LogP contribution in [0, 0.1) is 19.8 Å². The third-order valence-electron chi connectivity index (χ3n) is 6.16. The Morgan fingerprint density at radius 3 is 2.36 bits per heavy atom. The van der Waals surface area contributed by atoms with Gasteiger partial charge in [-0.15, -0.1) is 11.3 Å². The van der Waals surface area contributed by atoms with E-state index in [1.165, 1.54) is 29.7 Å². The second-order valence-electron chi connectivity index (χ2n) is 9.35. The van der Waals surface area contributed by atoms with Gasteiger partial charge < -0.3 is 25.4 Å². The van der Waals surface area contributed by atoms with E-state index < -0.39 is 6.04 Å². The number of rotatable bonds is 11. The number of benzene rings is 1. The van der Waals surface area contributed by atoms with Crippen LogP contribution < -0.4 is 20.7 Å². The van der Waals surface area contributed by atoms with Gasteiger partial charge in [0.25, 0.3) is 5.91 Å². The molecule has 0 radical (unpaired) electrons. The van der Waals surface area contributed by atoms with Crippen LogP contribution in [-0.2, 0) is 19.1 Å².